The van der Waals surface area contributed by atoms with Gasteiger partial charge in [0.25, 0.3) is 5.91 Å². The van der Waals surface area contributed by atoms with Gasteiger partial charge in [-0.25, -0.2) is 13.1 Å². The number of nitrogens with one attached hydrogen (secondary N) is 2. The predicted octanol–water partition coefficient (Wildman–Crippen LogP) is 4.09. The van der Waals surface area contributed by atoms with Crippen molar-refractivity contribution < 1.29 is 13.2 Å². The molecule has 3 aromatic rings. The van der Waals surface area contributed by atoms with Gasteiger partial charge in [0, 0.05) is 28.4 Å². The molecule has 0 saturated heterocycles. The highest BCUT2D eigenvalue weighted by Crippen LogP contribution is 2.23. The average Bonchev–Trinajstić information content (AvgIpc) is 3.57. The average molecular weight is 431 g/mol. The van der Waals surface area contributed by atoms with E-state index < -0.39 is 10.0 Å². The number of carbonyl (C=O) groups is 1. The summed E-state index contributed by atoms with van der Waals surface area (Å²) in [6, 6.07) is 21.5. The van der Waals surface area contributed by atoms with E-state index in [0.717, 1.165) is 24.0 Å². The van der Waals surface area contributed by atoms with Crippen LogP contribution in [0.1, 0.15) is 39.9 Å². The molecule has 0 aliphatic heterocycles. The Hall–Kier alpha value is -3.40. The van der Waals surface area contributed by atoms with Crippen LogP contribution in [-0.2, 0) is 10.0 Å². The van der Waals surface area contributed by atoms with Gasteiger partial charge in [0.05, 0.1) is 4.90 Å². The number of hydrogen-bond acceptors (Lipinski definition) is 3. The Morgan fingerprint density at radius 3 is 2.35 bits per heavy atom. The molecule has 0 radical (unpaired) electrons. The second-order valence-corrected chi connectivity index (χ2v) is 9.24. The van der Waals surface area contributed by atoms with Crippen molar-refractivity contribution in [2.24, 2.45) is 0 Å². The Labute approximate surface area is 182 Å². The van der Waals surface area contributed by atoms with E-state index in [1.807, 2.05) is 42.5 Å². The summed E-state index contributed by atoms with van der Waals surface area (Å²) in [5.41, 5.74) is 3.28. The molecule has 0 aromatic heterocycles. The van der Waals surface area contributed by atoms with Gasteiger partial charge in [-0.05, 0) is 67.8 Å². The van der Waals surface area contributed by atoms with E-state index in [-0.39, 0.29) is 16.8 Å². The van der Waals surface area contributed by atoms with Crippen molar-refractivity contribution in [2.75, 3.05) is 5.32 Å². The second kappa shape index (κ2) is 8.76. The third kappa shape index (κ3) is 5.40. The minimum Gasteiger partial charge on any atom is -0.322 e. The van der Waals surface area contributed by atoms with E-state index in [0.29, 0.717) is 16.8 Å². The van der Waals surface area contributed by atoms with Gasteiger partial charge in [0.15, 0.2) is 0 Å². The Balaban J connectivity index is 1.53. The van der Waals surface area contributed by atoms with Crippen LogP contribution in [0.25, 0.3) is 0 Å². The highest BCUT2D eigenvalue weighted by molar-refractivity contribution is 7.89. The molecule has 1 aliphatic carbocycles. The van der Waals surface area contributed by atoms with E-state index >= 15 is 0 Å². The molecule has 0 bridgehead atoms. The van der Waals surface area contributed by atoms with E-state index in [1.54, 1.807) is 25.1 Å². The van der Waals surface area contributed by atoms with Crippen LogP contribution in [0, 0.1) is 18.8 Å². The molecule has 0 heterocycles. The summed E-state index contributed by atoms with van der Waals surface area (Å²) < 4.78 is 27.6. The Morgan fingerprint density at radius 2 is 1.61 bits per heavy atom. The van der Waals surface area contributed by atoms with Crippen LogP contribution < -0.4 is 10.0 Å². The van der Waals surface area contributed by atoms with E-state index in [9.17, 15) is 13.2 Å². The molecular weight excluding hydrogens is 408 g/mol. The summed E-state index contributed by atoms with van der Waals surface area (Å²) in [6.07, 6.45) is 1.70. The molecule has 4 rings (SSSR count). The molecule has 0 atom stereocenters. The number of sulfonamides is 1. The lowest BCUT2D eigenvalue weighted by Gasteiger charge is -2.11. The van der Waals surface area contributed by atoms with Gasteiger partial charge in [-0.15, -0.1) is 0 Å². The first-order valence-electron chi connectivity index (χ1n) is 10.0. The standard InChI is InChI=1S/C25H22N2O3S/c1-18-10-15-23(31(29,30)27-21-13-14-21)17-24(18)25(28)26-22-9-5-8-20(16-22)12-11-19-6-3-2-4-7-19/h2-10,15-17,21,27H,13-14H2,1H3,(H,26,28). The van der Waals surface area contributed by atoms with Gasteiger partial charge >= 0.3 is 0 Å². The van der Waals surface area contributed by atoms with Crippen molar-refractivity contribution in [2.45, 2.75) is 30.7 Å². The van der Waals surface area contributed by atoms with Crippen LogP contribution in [0.3, 0.4) is 0 Å². The molecule has 5 nitrogen and oxygen atoms in total. The van der Waals surface area contributed by atoms with E-state index in [2.05, 4.69) is 21.9 Å². The molecule has 1 aliphatic rings. The van der Waals surface area contributed by atoms with Gasteiger partial charge in [0.1, 0.15) is 0 Å². The minimum atomic E-state index is -3.63. The number of hydrogen-bond donors (Lipinski definition) is 2. The highest BCUT2D eigenvalue weighted by atomic mass is 32.2. The maximum atomic E-state index is 12.9. The molecular formula is C25H22N2O3S. The quantitative estimate of drug-likeness (QED) is 0.599. The van der Waals surface area contributed by atoms with Gasteiger partial charge in [0.2, 0.25) is 10.0 Å². The lowest BCUT2D eigenvalue weighted by atomic mass is 10.1. The smallest absolute Gasteiger partial charge is 0.255 e. The molecule has 3 aromatic carbocycles. The molecule has 1 amide bonds. The minimum absolute atomic E-state index is 0.00307. The molecule has 1 saturated carbocycles. The molecule has 0 unspecified atom stereocenters. The maximum Gasteiger partial charge on any atom is 0.255 e. The van der Waals surface area contributed by atoms with Crippen LogP contribution >= 0.6 is 0 Å². The third-order valence-electron chi connectivity index (χ3n) is 4.91. The Bertz CT molecular complexity index is 1290. The topological polar surface area (TPSA) is 75.3 Å². The summed E-state index contributed by atoms with van der Waals surface area (Å²) in [6.45, 7) is 1.78. The largest absolute Gasteiger partial charge is 0.322 e. The first-order valence-corrected chi connectivity index (χ1v) is 11.5. The maximum absolute atomic E-state index is 12.9. The zero-order valence-electron chi connectivity index (χ0n) is 17.1. The number of carbonyl (C=O) groups excluding carboxylic acids is 1. The molecule has 2 N–H and O–H groups in total. The summed E-state index contributed by atoms with van der Waals surface area (Å²) in [5, 5.41) is 2.85. The van der Waals surface area contributed by atoms with Gasteiger partial charge in [-0.3, -0.25) is 4.79 Å². The van der Waals surface area contributed by atoms with Crippen molar-refractivity contribution in [1.82, 2.24) is 4.72 Å². The monoisotopic (exact) mass is 430 g/mol. The second-order valence-electron chi connectivity index (χ2n) is 7.52. The fourth-order valence-corrected chi connectivity index (χ4v) is 4.37. The first kappa shape index (κ1) is 20.9. The third-order valence-corrected chi connectivity index (χ3v) is 6.43. The summed E-state index contributed by atoms with van der Waals surface area (Å²) in [4.78, 5) is 13.0. The van der Waals surface area contributed by atoms with Crippen LogP contribution in [0.15, 0.2) is 77.7 Å². The van der Waals surface area contributed by atoms with Crippen molar-refractivity contribution in [3.63, 3.8) is 0 Å². The molecule has 31 heavy (non-hydrogen) atoms. The highest BCUT2D eigenvalue weighted by Gasteiger charge is 2.28. The normalized spacial score (nSPS) is 13.2. The summed E-state index contributed by atoms with van der Waals surface area (Å²) >= 11 is 0. The van der Waals surface area contributed by atoms with Crippen LogP contribution in [0.4, 0.5) is 5.69 Å². The van der Waals surface area contributed by atoms with Crippen molar-refractivity contribution in [3.8, 4) is 11.8 Å². The zero-order chi connectivity index (χ0) is 21.8. The zero-order valence-corrected chi connectivity index (χ0v) is 17.9. The summed E-state index contributed by atoms with van der Waals surface area (Å²) in [5.74, 6) is 5.81. The Kier molecular flexibility index (Phi) is 5.90. The number of benzene rings is 3. The van der Waals surface area contributed by atoms with Crippen LogP contribution in [0.5, 0.6) is 0 Å². The fourth-order valence-electron chi connectivity index (χ4n) is 3.04. The number of anilines is 1. The fraction of sp³-hybridized carbons (Fsp3) is 0.160. The van der Waals surface area contributed by atoms with Gasteiger partial charge in [-0.1, -0.05) is 42.2 Å². The SMILES string of the molecule is Cc1ccc(S(=O)(=O)NC2CC2)cc1C(=O)Nc1cccc(C#Cc2ccccc2)c1. The van der Waals surface area contributed by atoms with Crippen LogP contribution in [-0.4, -0.2) is 20.4 Å². The molecule has 0 spiro atoms. The lowest BCUT2D eigenvalue weighted by molar-refractivity contribution is 0.102. The summed E-state index contributed by atoms with van der Waals surface area (Å²) in [7, 11) is -3.63. The molecule has 156 valence electrons. The Morgan fingerprint density at radius 1 is 0.903 bits per heavy atom. The lowest BCUT2D eigenvalue weighted by Crippen LogP contribution is -2.26. The van der Waals surface area contributed by atoms with E-state index in [4.69, 9.17) is 0 Å². The number of amides is 1. The first-order chi connectivity index (χ1) is 14.9. The number of aryl methyl sites for hydroxylation is 1. The van der Waals surface area contributed by atoms with Crippen LogP contribution in [0.2, 0.25) is 0 Å². The van der Waals surface area contributed by atoms with Crippen molar-refractivity contribution in [1.29, 1.82) is 0 Å². The predicted molar refractivity (Wildman–Crippen MR) is 121 cm³/mol. The van der Waals surface area contributed by atoms with E-state index in [1.165, 1.54) is 12.1 Å². The van der Waals surface area contributed by atoms with Gasteiger partial charge in [-0.2, -0.15) is 0 Å². The van der Waals surface area contributed by atoms with Crippen molar-refractivity contribution in [3.05, 3.63) is 95.1 Å². The number of rotatable bonds is 5. The molecule has 6 heteroatoms. The van der Waals surface area contributed by atoms with Gasteiger partial charge < -0.3 is 5.32 Å². The van der Waals surface area contributed by atoms with Crippen molar-refractivity contribution >= 4 is 21.6 Å². The molecule has 1 fully saturated rings.